The summed E-state index contributed by atoms with van der Waals surface area (Å²) in [4.78, 5) is 24.0. The second-order valence-corrected chi connectivity index (χ2v) is 11.2. The number of benzene rings is 2. The third-order valence-corrected chi connectivity index (χ3v) is 8.89. The molecule has 2 aromatic carbocycles. The van der Waals surface area contributed by atoms with Crippen LogP contribution in [0.15, 0.2) is 66.3 Å². The Morgan fingerprint density at radius 3 is 2.33 bits per heavy atom. The lowest BCUT2D eigenvalue weighted by Crippen LogP contribution is -2.38. The van der Waals surface area contributed by atoms with Crippen molar-refractivity contribution in [1.82, 2.24) is 20.2 Å². The lowest BCUT2D eigenvalue weighted by molar-refractivity contribution is 0.0949. The fourth-order valence-corrected chi connectivity index (χ4v) is 6.75. The Morgan fingerprint density at radius 1 is 1.08 bits per heavy atom. The van der Waals surface area contributed by atoms with Crippen LogP contribution < -0.4 is 5.32 Å². The summed E-state index contributed by atoms with van der Waals surface area (Å²) in [6.07, 6.45) is 6.75. The zero-order valence-corrected chi connectivity index (χ0v) is 21.8. The number of sulfone groups is 1. The summed E-state index contributed by atoms with van der Waals surface area (Å²) < 4.78 is 28.0. The molecule has 0 radical (unpaired) electrons. The third kappa shape index (κ3) is 5.10. The van der Waals surface area contributed by atoms with Crippen molar-refractivity contribution in [3.63, 3.8) is 0 Å². The molecule has 1 aliphatic heterocycles. The first-order valence-electron chi connectivity index (χ1n) is 12.1. The molecule has 1 N–H and O–H groups in total. The van der Waals surface area contributed by atoms with Gasteiger partial charge in [-0.2, -0.15) is 0 Å². The van der Waals surface area contributed by atoms with Crippen molar-refractivity contribution in [1.29, 1.82) is 0 Å². The maximum Gasteiger partial charge on any atom is 0.252 e. The van der Waals surface area contributed by atoms with Crippen LogP contribution in [0.1, 0.15) is 45.7 Å². The molecule has 188 valence electrons. The molecule has 36 heavy (non-hydrogen) atoms. The molecule has 1 aromatic heterocycles. The number of aromatic nitrogens is 2. The van der Waals surface area contributed by atoms with Crippen LogP contribution in [0.4, 0.5) is 0 Å². The van der Waals surface area contributed by atoms with Gasteiger partial charge >= 0.3 is 0 Å². The van der Waals surface area contributed by atoms with Crippen LogP contribution in [0.25, 0.3) is 11.1 Å². The highest BCUT2D eigenvalue weighted by Crippen LogP contribution is 2.35. The van der Waals surface area contributed by atoms with E-state index < -0.39 is 15.2 Å². The second-order valence-electron chi connectivity index (χ2n) is 9.15. The molecule has 4 rings (SSSR count). The van der Waals surface area contributed by atoms with E-state index in [1.165, 1.54) is 6.08 Å². The van der Waals surface area contributed by atoms with Crippen molar-refractivity contribution < 1.29 is 13.2 Å². The maximum absolute atomic E-state index is 14.0. The van der Waals surface area contributed by atoms with Gasteiger partial charge in [0.1, 0.15) is 11.2 Å². The fraction of sp³-hybridized carbons (Fsp3) is 0.321. The molecule has 2 heterocycles. The summed E-state index contributed by atoms with van der Waals surface area (Å²) in [6.45, 7) is 10.9. The maximum atomic E-state index is 14.0. The molecule has 1 atom stereocenters. The molecule has 7 nitrogen and oxygen atoms in total. The highest BCUT2D eigenvalue weighted by Gasteiger charge is 2.35. The number of carbonyl (C=O) groups is 1. The standard InChI is InChI=1S/C28H32N4O3S/c1-5-26(32-13-9-10-14-32)36(34,35)25-15-24(23-11-7-6-8-12-23)19(2)27(20(25)3)28(33)31-18-22-16-29-21(4)30-17-22/h5-8,11-12,15-17,26H,1,9-10,13-14,18H2,2-4H3,(H,31,33). The van der Waals surface area contributed by atoms with Crippen LogP contribution in [0.3, 0.4) is 0 Å². The summed E-state index contributed by atoms with van der Waals surface area (Å²) in [5.41, 5.74) is 3.86. The number of rotatable bonds is 8. The van der Waals surface area contributed by atoms with Gasteiger partial charge in [0.15, 0.2) is 9.84 Å². The Labute approximate surface area is 213 Å². The predicted octanol–water partition coefficient (Wildman–Crippen LogP) is 4.38. The Kier molecular flexibility index (Phi) is 7.66. The molecule has 1 saturated heterocycles. The van der Waals surface area contributed by atoms with Gasteiger partial charge in [-0.05, 0) is 75.0 Å². The average Bonchev–Trinajstić information content (AvgIpc) is 3.39. The van der Waals surface area contributed by atoms with E-state index in [9.17, 15) is 13.2 Å². The van der Waals surface area contributed by atoms with Crippen LogP contribution in [0, 0.1) is 20.8 Å². The number of hydrogen-bond donors (Lipinski definition) is 1. The van der Waals surface area contributed by atoms with Gasteiger partial charge < -0.3 is 5.32 Å². The first-order valence-corrected chi connectivity index (χ1v) is 13.6. The van der Waals surface area contributed by atoms with Crippen molar-refractivity contribution in [2.75, 3.05) is 13.1 Å². The van der Waals surface area contributed by atoms with Gasteiger partial charge in [-0.15, -0.1) is 6.58 Å². The Morgan fingerprint density at radius 2 is 1.72 bits per heavy atom. The minimum Gasteiger partial charge on any atom is -0.348 e. The minimum atomic E-state index is -3.83. The molecule has 0 bridgehead atoms. The molecule has 1 aliphatic rings. The lowest BCUT2D eigenvalue weighted by Gasteiger charge is -2.26. The molecule has 1 fully saturated rings. The fourth-order valence-electron chi connectivity index (χ4n) is 4.82. The van der Waals surface area contributed by atoms with Crippen molar-refractivity contribution >= 4 is 15.7 Å². The molecule has 8 heteroatoms. The van der Waals surface area contributed by atoms with Crippen LogP contribution >= 0.6 is 0 Å². The van der Waals surface area contributed by atoms with E-state index in [0.29, 0.717) is 35.6 Å². The summed E-state index contributed by atoms with van der Waals surface area (Å²) in [6, 6.07) is 11.3. The van der Waals surface area contributed by atoms with Crippen LogP contribution in [0.2, 0.25) is 0 Å². The second kappa shape index (κ2) is 10.7. The lowest BCUT2D eigenvalue weighted by atomic mass is 9.92. The molecule has 0 spiro atoms. The number of likely N-dealkylation sites (tertiary alicyclic amines) is 1. The van der Waals surface area contributed by atoms with Gasteiger partial charge in [0.2, 0.25) is 0 Å². The molecular formula is C28H32N4O3S. The van der Waals surface area contributed by atoms with Crippen molar-refractivity contribution in [3.05, 3.63) is 89.5 Å². The topological polar surface area (TPSA) is 92.3 Å². The van der Waals surface area contributed by atoms with E-state index in [1.54, 1.807) is 32.3 Å². The monoisotopic (exact) mass is 504 g/mol. The van der Waals surface area contributed by atoms with Crippen molar-refractivity contribution in [2.24, 2.45) is 0 Å². The van der Waals surface area contributed by atoms with E-state index in [2.05, 4.69) is 21.9 Å². The Balaban J connectivity index is 1.81. The van der Waals surface area contributed by atoms with Gasteiger partial charge in [0.05, 0.1) is 4.90 Å². The Bertz CT molecular complexity index is 1360. The van der Waals surface area contributed by atoms with Gasteiger partial charge in [-0.1, -0.05) is 36.4 Å². The molecule has 1 amide bonds. The largest absolute Gasteiger partial charge is 0.348 e. The summed E-state index contributed by atoms with van der Waals surface area (Å²) in [7, 11) is -3.83. The molecule has 0 saturated carbocycles. The number of hydrogen-bond acceptors (Lipinski definition) is 6. The number of amides is 1. The SMILES string of the molecule is C=CC(N1CCCC1)S(=O)(=O)c1cc(-c2ccccc2)c(C)c(C(=O)NCc2cnc(C)nc2)c1C. The van der Waals surface area contributed by atoms with E-state index in [1.807, 2.05) is 42.2 Å². The van der Waals surface area contributed by atoms with Gasteiger partial charge in [0, 0.05) is 30.1 Å². The predicted molar refractivity (Wildman–Crippen MR) is 141 cm³/mol. The molecular weight excluding hydrogens is 472 g/mol. The number of aryl methyl sites for hydroxylation is 1. The normalized spacial score (nSPS) is 15.0. The molecule has 3 aromatic rings. The first kappa shape index (κ1) is 25.7. The van der Waals surface area contributed by atoms with E-state index in [4.69, 9.17) is 0 Å². The third-order valence-electron chi connectivity index (χ3n) is 6.73. The zero-order chi connectivity index (χ0) is 25.9. The van der Waals surface area contributed by atoms with Gasteiger partial charge in [-0.25, -0.2) is 18.4 Å². The average molecular weight is 505 g/mol. The summed E-state index contributed by atoms with van der Waals surface area (Å²) >= 11 is 0. The van der Waals surface area contributed by atoms with E-state index in [-0.39, 0.29) is 17.3 Å². The van der Waals surface area contributed by atoms with E-state index >= 15 is 0 Å². The zero-order valence-electron chi connectivity index (χ0n) is 21.0. The van der Waals surface area contributed by atoms with Gasteiger partial charge in [0.25, 0.3) is 5.91 Å². The van der Waals surface area contributed by atoms with Crippen LogP contribution in [-0.2, 0) is 16.4 Å². The van der Waals surface area contributed by atoms with Crippen molar-refractivity contribution in [3.8, 4) is 11.1 Å². The summed E-state index contributed by atoms with van der Waals surface area (Å²) in [5.74, 6) is 0.313. The number of nitrogens with zero attached hydrogens (tertiary/aromatic N) is 3. The first-order chi connectivity index (χ1) is 17.2. The highest BCUT2D eigenvalue weighted by molar-refractivity contribution is 7.92. The molecule has 1 unspecified atom stereocenters. The minimum absolute atomic E-state index is 0.160. The summed E-state index contributed by atoms with van der Waals surface area (Å²) in [5, 5.41) is 2.09. The van der Waals surface area contributed by atoms with Crippen molar-refractivity contribution in [2.45, 2.75) is 50.4 Å². The Hall–Kier alpha value is -3.36. The van der Waals surface area contributed by atoms with Gasteiger partial charge in [-0.3, -0.25) is 9.69 Å². The number of carbonyl (C=O) groups excluding carboxylic acids is 1. The van der Waals surface area contributed by atoms with E-state index in [0.717, 1.165) is 29.5 Å². The number of nitrogens with one attached hydrogen (secondary N) is 1. The highest BCUT2D eigenvalue weighted by atomic mass is 32.2. The molecule has 0 aliphatic carbocycles. The van der Waals surface area contributed by atoms with Crippen LogP contribution in [0.5, 0.6) is 0 Å². The quantitative estimate of drug-likeness (QED) is 0.458. The van der Waals surface area contributed by atoms with Crippen LogP contribution in [-0.4, -0.2) is 47.7 Å². The smallest absolute Gasteiger partial charge is 0.252 e.